The highest BCUT2D eigenvalue weighted by molar-refractivity contribution is 5.88. The molecule has 2 rings (SSSR count). The molecule has 1 aromatic carbocycles. The minimum atomic E-state index is -1.02. The normalized spacial score (nSPS) is 14.5. The van der Waals surface area contributed by atoms with Crippen molar-refractivity contribution in [3.8, 4) is 5.75 Å². The van der Waals surface area contributed by atoms with Crippen LogP contribution in [0.25, 0.3) is 0 Å². The molecule has 1 heterocycles. The average molecular weight is 312 g/mol. The van der Waals surface area contributed by atoms with E-state index in [1.165, 1.54) is 0 Å². The molecule has 0 fully saturated rings. The van der Waals surface area contributed by atoms with Crippen LogP contribution in [0.4, 0.5) is 0 Å². The molecule has 5 nitrogen and oxygen atoms in total. The molecule has 0 unspecified atom stereocenters. The van der Waals surface area contributed by atoms with Crippen molar-refractivity contribution in [3.63, 3.8) is 0 Å². The van der Waals surface area contributed by atoms with Crippen molar-refractivity contribution in [3.05, 3.63) is 77.9 Å². The van der Waals surface area contributed by atoms with Gasteiger partial charge in [-0.25, -0.2) is 4.79 Å². The standard InChI is InChI=1S/C18H20N2O3/c1-4-11-20-13(2)9-10-15(17(20)18(21)22)19-12-14-7-5-6-8-16(14)23-3/h4-11,19H,2,12H2,1,3H3,(H,21,22)/b11-4-. The second-order valence-electron chi connectivity index (χ2n) is 4.91. The first kappa shape index (κ1) is 16.4. The molecule has 1 aliphatic rings. The largest absolute Gasteiger partial charge is 0.496 e. The predicted molar refractivity (Wildman–Crippen MR) is 89.4 cm³/mol. The first-order valence-corrected chi connectivity index (χ1v) is 7.20. The van der Waals surface area contributed by atoms with Gasteiger partial charge >= 0.3 is 5.97 Å². The van der Waals surface area contributed by atoms with E-state index in [0.29, 0.717) is 17.9 Å². The molecule has 1 aromatic rings. The number of ether oxygens (including phenoxy) is 1. The van der Waals surface area contributed by atoms with Crippen LogP contribution in [0.2, 0.25) is 0 Å². The Balaban J connectivity index is 2.30. The third-order valence-corrected chi connectivity index (χ3v) is 3.41. The van der Waals surface area contributed by atoms with Crippen LogP contribution in [0, 0.1) is 0 Å². The van der Waals surface area contributed by atoms with Crippen LogP contribution in [0.15, 0.2) is 72.4 Å². The number of allylic oxidation sites excluding steroid dienone is 3. The van der Waals surface area contributed by atoms with Gasteiger partial charge in [0.15, 0.2) is 5.70 Å². The summed E-state index contributed by atoms with van der Waals surface area (Å²) in [5.41, 5.74) is 2.21. The maximum atomic E-state index is 11.7. The summed E-state index contributed by atoms with van der Waals surface area (Å²) in [4.78, 5) is 13.2. The number of rotatable bonds is 6. The third-order valence-electron chi connectivity index (χ3n) is 3.41. The van der Waals surface area contributed by atoms with Gasteiger partial charge in [0.2, 0.25) is 0 Å². The fraction of sp³-hybridized carbons (Fsp3) is 0.167. The lowest BCUT2D eigenvalue weighted by atomic mass is 10.1. The molecule has 0 amide bonds. The maximum absolute atomic E-state index is 11.7. The molecule has 0 spiro atoms. The van der Waals surface area contributed by atoms with Crippen LogP contribution in [0.1, 0.15) is 12.5 Å². The molecule has 0 saturated carbocycles. The molecule has 0 aromatic heterocycles. The lowest BCUT2D eigenvalue weighted by Gasteiger charge is -2.27. The highest BCUT2D eigenvalue weighted by Crippen LogP contribution is 2.24. The molecule has 0 aliphatic carbocycles. The average Bonchev–Trinajstić information content (AvgIpc) is 2.55. The van der Waals surface area contributed by atoms with Crippen molar-refractivity contribution in [2.75, 3.05) is 7.11 Å². The van der Waals surface area contributed by atoms with Crippen molar-refractivity contribution in [2.45, 2.75) is 13.5 Å². The Bertz CT molecular complexity index is 702. The zero-order valence-corrected chi connectivity index (χ0v) is 13.2. The fourth-order valence-electron chi connectivity index (χ4n) is 2.33. The Kier molecular flexibility index (Phi) is 5.25. The molecule has 0 atom stereocenters. The van der Waals surface area contributed by atoms with Gasteiger partial charge in [0.25, 0.3) is 0 Å². The number of hydrogen-bond donors (Lipinski definition) is 2. The summed E-state index contributed by atoms with van der Waals surface area (Å²) >= 11 is 0. The predicted octanol–water partition coefficient (Wildman–Crippen LogP) is 3.00. The van der Waals surface area contributed by atoms with Crippen LogP contribution in [-0.4, -0.2) is 23.1 Å². The molecule has 0 radical (unpaired) electrons. The van der Waals surface area contributed by atoms with E-state index in [-0.39, 0.29) is 5.70 Å². The highest BCUT2D eigenvalue weighted by atomic mass is 16.5. The first-order chi connectivity index (χ1) is 11.1. The van der Waals surface area contributed by atoms with E-state index in [1.807, 2.05) is 31.2 Å². The summed E-state index contributed by atoms with van der Waals surface area (Å²) in [6.45, 7) is 6.15. The quantitative estimate of drug-likeness (QED) is 0.845. The SMILES string of the molecule is C=C1C=CC(NCc2ccccc2OC)=C(C(=O)O)N1/C=C\C. The van der Waals surface area contributed by atoms with E-state index in [0.717, 1.165) is 11.3 Å². The lowest BCUT2D eigenvalue weighted by molar-refractivity contribution is -0.134. The molecule has 1 aliphatic heterocycles. The van der Waals surface area contributed by atoms with Gasteiger partial charge in [-0.2, -0.15) is 0 Å². The van der Waals surface area contributed by atoms with E-state index in [4.69, 9.17) is 4.74 Å². The molecule has 23 heavy (non-hydrogen) atoms. The molecular weight excluding hydrogens is 292 g/mol. The molecule has 0 bridgehead atoms. The van der Waals surface area contributed by atoms with E-state index in [2.05, 4.69) is 11.9 Å². The Labute approximate surface area is 135 Å². The van der Waals surface area contributed by atoms with E-state index in [9.17, 15) is 9.90 Å². The number of methoxy groups -OCH3 is 1. The van der Waals surface area contributed by atoms with Crippen LogP contribution in [0.3, 0.4) is 0 Å². The topological polar surface area (TPSA) is 61.8 Å². The van der Waals surface area contributed by atoms with Crippen LogP contribution < -0.4 is 10.1 Å². The summed E-state index contributed by atoms with van der Waals surface area (Å²) in [7, 11) is 1.61. The van der Waals surface area contributed by atoms with Gasteiger partial charge in [-0.15, -0.1) is 0 Å². The second-order valence-corrected chi connectivity index (χ2v) is 4.91. The van der Waals surface area contributed by atoms with Crippen LogP contribution >= 0.6 is 0 Å². The van der Waals surface area contributed by atoms with Crippen molar-refractivity contribution in [2.24, 2.45) is 0 Å². The van der Waals surface area contributed by atoms with Gasteiger partial charge in [0, 0.05) is 24.0 Å². The number of nitrogens with one attached hydrogen (secondary N) is 1. The maximum Gasteiger partial charge on any atom is 0.355 e. The van der Waals surface area contributed by atoms with E-state index >= 15 is 0 Å². The highest BCUT2D eigenvalue weighted by Gasteiger charge is 2.23. The van der Waals surface area contributed by atoms with Crippen molar-refractivity contribution >= 4 is 5.97 Å². The minimum absolute atomic E-state index is 0.144. The van der Waals surface area contributed by atoms with Crippen molar-refractivity contribution in [1.82, 2.24) is 10.2 Å². The van der Waals surface area contributed by atoms with Crippen molar-refractivity contribution in [1.29, 1.82) is 0 Å². The molecule has 120 valence electrons. The lowest BCUT2D eigenvalue weighted by Crippen LogP contribution is -2.29. The van der Waals surface area contributed by atoms with Gasteiger partial charge in [0.05, 0.1) is 12.8 Å². The zero-order valence-electron chi connectivity index (χ0n) is 13.2. The summed E-state index contributed by atoms with van der Waals surface area (Å²) in [5, 5.41) is 12.7. The monoisotopic (exact) mass is 312 g/mol. The Morgan fingerprint density at radius 1 is 1.39 bits per heavy atom. The number of carboxylic acid groups (broad SMARTS) is 1. The fourth-order valence-corrected chi connectivity index (χ4v) is 2.33. The molecular formula is C18H20N2O3. The van der Waals surface area contributed by atoms with Crippen molar-refractivity contribution < 1.29 is 14.6 Å². The number of hydrogen-bond acceptors (Lipinski definition) is 4. The van der Waals surface area contributed by atoms with Crippen LogP contribution in [0.5, 0.6) is 5.75 Å². The minimum Gasteiger partial charge on any atom is -0.496 e. The van der Waals surface area contributed by atoms with Gasteiger partial charge in [-0.1, -0.05) is 30.9 Å². The third kappa shape index (κ3) is 3.63. The van der Waals surface area contributed by atoms with Gasteiger partial charge in [-0.05, 0) is 25.1 Å². The summed E-state index contributed by atoms with van der Waals surface area (Å²) in [6.07, 6.45) is 6.95. The van der Waals surface area contributed by atoms with E-state index < -0.39 is 5.97 Å². The zero-order chi connectivity index (χ0) is 16.8. The summed E-state index contributed by atoms with van der Waals surface area (Å²) in [6, 6.07) is 7.61. The molecule has 0 saturated heterocycles. The number of aliphatic carboxylic acids is 1. The van der Waals surface area contributed by atoms with Gasteiger partial charge < -0.3 is 20.1 Å². The first-order valence-electron chi connectivity index (χ1n) is 7.20. The molecule has 2 N–H and O–H groups in total. The number of nitrogens with zero attached hydrogens (tertiary/aromatic N) is 1. The van der Waals surface area contributed by atoms with Gasteiger partial charge in [-0.3, -0.25) is 0 Å². The Morgan fingerprint density at radius 2 is 2.13 bits per heavy atom. The smallest absolute Gasteiger partial charge is 0.355 e. The van der Waals surface area contributed by atoms with E-state index in [1.54, 1.807) is 36.4 Å². The summed E-state index contributed by atoms with van der Waals surface area (Å²) < 4.78 is 5.31. The Morgan fingerprint density at radius 3 is 2.78 bits per heavy atom. The number of carboxylic acids is 1. The molecule has 5 heteroatoms. The Hall–Kier alpha value is -2.95. The number of carbonyl (C=O) groups is 1. The number of para-hydroxylation sites is 1. The number of benzene rings is 1. The van der Waals surface area contributed by atoms with Gasteiger partial charge in [0.1, 0.15) is 5.75 Å². The summed E-state index contributed by atoms with van der Waals surface area (Å²) in [5.74, 6) is -0.261. The van der Waals surface area contributed by atoms with Crippen LogP contribution in [-0.2, 0) is 11.3 Å². The second kappa shape index (κ2) is 7.35.